The van der Waals surface area contributed by atoms with Gasteiger partial charge in [0.15, 0.2) is 14.6 Å². The molecule has 0 aromatic heterocycles. The Labute approximate surface area is 141 Å². The minimum absolute atomic E-state index is 0.0844. The molecule has 1 fully saturated rings. The number of unbranched alkanes of at least 4 members (excludes halogenated alkanes) is 1. The van der Waals surface area contributed by atoms with Gasteiger partial charge in [-0.25, -0.2) is 4.79 Å². The van der Waals surface area contributed by atoms with E-state index in [1.54, 1.807) is 4.90 Å². The van der Waals surface area contributed by atoms with Crippen LogP contribution in [0.5, 0.6) is 0 Å². The third-order valence-electron chi connectivity index (χ3n) is 4.33. The Hall–Kier alpha value is -1.14. The van der Waals surface area contributed by atoms with Crippen molar-refractivity contribution >= 4 is 20.9 Å². The van der Waals surface area contributed by atoms with Gasteiger partial charge in [-0.05, 0) is 45.4 Å². The van der Waals surface area contributed by atoms with E-state index in [9.17, 15) is 9.59 Å². The van der Waals surface area contributed by atoms with E-state index in [1.807, 2.05) is 20.8 Å². The summed E-state index contributed by atoms with van der Waals surface area (Å²) in [5, 5.41) is 0. The quantitative estimate of drug-likeness (QED) is 0.295. The number of hydrogen-bond acceptors (Lipinski definition) is 4. The lowest BCUT2D eigenvalue weighted by Crippen LogP contribution is -2.75. The molecule has 0 bridgehead atoms. The van der Waals surface area contributed by atoms with Crippen molar-refractivity contribution in [2.45, 2.75) is 78.1 Å². The Balaban J connectivity index is 3.25. The fourth-order valence-electron chi connectivity index (χ4n) is 3.31. The van der Waals surface area contributed by atoms with Gasteiger partial charge < -0.3 is 9.16 Å². The van der Waals surface area contributed by atoms with Gasteiger partial charge in [-0.2, -0.15) is 0 Å². The van der Waals surface area contributed by atoms with Crippen LogP contribution in [0.15, 0.2) is 11.3 Å². The first-order valence-corrected chi connectivity index (χ1v) is 11.3. The standard InChI is InChI=1S/C17H31NO4Si/c1-8-10-11-13-17(9-2,22-23(6)7)16(20)18(13)14(12(3)4)15(19)21-5/h13,23H,8-11H2,1-7H3. The summed E-state index contributed by atoms with van der Waals surface area (Å²) in [7, 11) is -0.0368. The van der Waals surface area contributed by atoms with Crippen molar-refractivity contribution in [3.63, 3.8) is 0 Å². The number of amides is 1. The summed E-state index contributed by atoms with van der Waals surface area (Å²) in [5.41, 5.74) is 0.402. The van der Waals surface area contributed by atoms with E-state index in [2.05, 4.69) is 20.0 Å². The van der Waals surface area contributed by atoms with Crippen LogP contribution in [-0.4, -0.2) is 44.6 Å². The van der Waals surface area contributed by atoms with Crippen molar-refractivity contribution in [2.75, 3.05) is 7.11 Å². The third-order valence-corrected chi connectivity index (χ3v) is 5.22. The highest BCUT2D eigenvalue weighted by molar-refractivity contribution is 6.49. The molecule has 1 amide bonds. The summed E-state index contributed by atoms with van der Waals surface area (Å²) in [6.45, 7) is 11.9. The van der Waals surface area contributed by atoms with Crippen molar-refractivity contribution in [1.29, 1.82) is 0 Å². The lowest BCUT2D eigenvalue weighted by Gasteiger charge is -2.56. The van der Waals surface area contributed by atoms with Gasteiger partial charge in [0, 0.05) is 0 Å². The SMILES string of the molecule is CCCCC1N(C(C(=O)OC)=C(C)C)C(=O)C1(CC)O[SiH](C)C. The Bertz CT molecular complexity index is 485. The average molecular weight is 342 g/mol. The van der Waals surface area contributed by atoms with E-state index < -0.39 is 20.6 Å². The highest BCUT2D eigenvalue weighted by atomic mass is 28.3. The Morgan fingerprint density at radius 1 is 1.30 bits per heavy atom. The molecular weight excluding hydrogens is 310 g/mol. The van der Waals surface area contributed by atoms with E-state index in [0.717, 1.165) is 24.8 Å². The molecule has 1 rings (SSSR count). The van der Waals surface area contributed by atoms with E-state index in [4.69, 9.17) is 9.16 Å². The zero-order chi connectivity index (χ0) is 17.8. The normalized spacial score (nSPS) is 23.7. The number of carbonyl (C=O) groups is 2. The first-order valence-electron chi connectivity index (χ1n) is 8.54. The second-order valence-electron chi connectivity index (χ2n) is 6.58. The smallest absolute Gasteiger partial charge is 0.354 e. The predicted molar refractivity (Wildman–Crippen MR) is 93.5 cm³/mol. The number of β-lactam (4-membered cyclic amide) rings is 1. The molecule has 1 heterocycles. The third kappa shape index (κ3) is 3.69. The second kappa shape index (κ2) is 8.10. The van der Waals surface area contributed by atoms with E-state index in [0.29, 0.717) is 12.1 Å². The van der Waals surface area contributed by atoms with Crippen LogP contribution >= 0.6 is 0 Å². The average Bonchev–Trinajstić information content (AvgIpc) is 2.50. The molecule has 1 saturated heterocycles. The molecule has 0 spiro atoms. The molecule has 1 aliphatic rings. The van der Waals surface area contributed by atoms with Gasteiger partial charge in [-0.1, -0.05) is 26.7 Å². The fourth-order valence-corrected chi connectivity index (χ4v) is 4.57. The Kier molecular flexibility index (Phi) is 7.01. The molecule has 0 aliphatic carbocycles. The van der Waals surface area contributed by atoms with Crippen LogP contribution < -0.4 is 0 Å². The van der Waals surface area contributed by atoms with E-state index in [-0.39, 0.29) is 11.9 Å². The molecule has 1 aliphatic heterocycles. The lowest BCUT2D eigenvalue weighted by atomic mass is 9.76. The second-order valence-corrected chi connectivity index (χ2v) is 8.92. The summed E-state index contributed by atoms with van der Waals surface area (Å²) in [6, 6.07) is -0.0844. The molecule has 0 aromatic carbocycles. The molecule has 0 radical (unpaired) electrons. The largest absolute Gasteiger partial charge is 0.464 e. The minimum atomic E-state index is -1.39. The van der Waals surface area contributed by atoms with Crippen LogP contribution in [0.4, 0.5) is 0 Å². The molecule has 6 heteroatoms. The van der Waals surface area contributed by atoms with Gasteiger partial charge in [0.1, 0.15) is 5.70 Å². The van der Waals surface area contributed by atoms with Gasteiger partial charge in [0.25, 0.3) is 5.91 Å². The van der Waals surface area contributed by atoms with Gasteiger partial charge in [-0.15, -0.1) is 0 Å². The van der Waals surface area contributed by atoms with Gasteiger partial charge in [-0.3, -0.25) is 9.69 Å². The maximum absolute atomic E-state index is 13.0. The summed E-state index contributed by atoms with van der Waals surface area (Å²) >= 11 is 0. The molecule has 0 saturated carbocycles. The number of methoxy groups -OCH3 is 1. The number of rotatable bonds is 8. The molecular formula is C17H31NO4Si. The molecule has 2 atom stereocenters. The van der Waals surface area contributed by atoms with E-state index >= 15 is 0 Å². The monoisotopic (exact) mass is 341 g/mol. The number of carbonyl (C=O) groups excluding carboxylic acids is 2. The molecule has 132 valence electrons. The lowest BCUT2D eigenvalue weighted by molar-refractivity contribution is -0.185. The fraction of sp³-hybridized carbons (Fsp3) is 0.765. The molecule has 23 heavy (non-hydrogen) atoms. The first kappa shape index (κ1) is 19.9. The molecule has 5 nitrogen and oxygen atoms in total. The van der Waals surface area contributed by atoms with Crippen molar-refractivity contribution in [3.05, 3.63) is 11.3 Å². The summed E-state index contributed by atoms with van der Waals surface area (Å²) in [5.74, 6) is -0.546. The van der Waals surface area contributed by atoms with E-state index in [1.165, 1.54) is 7.11 Å². The van der Waals surface area contributed by atoms with Crippen LogP contribution in [-0.2, 0) is 18.8 Å². The zero-order valence-electron chi connectivity index (χ0n) is 15.6. The van der Waals surface area contributed by atoms with Crippen molar-refractivity contribution in [1.82, 2.24) is 4.90 Å². The Morgan fingerprint density at radius 2 is 1.91 bits per heavy atom. The van der Waals surface area contributed by atoms with Crippen molar-refractivity contribution < 1.29 is 18.8 Å². The molecule has 0 N–H and O–H groups in total. The first-order chi connectivity index (χ1) is 10.8. The predicted octanol–water partition coefficient (Wildman–Crippen LogP) is 3.00. The number of hydrogen-bond donors (Lipinski definition) is 0. The zero-order valence-corrected chi connectivity index (χ0v) is 16.7. The maximum Gasteiger partial charge on any atom is 0.354 e. The maximum atomic E-state index is 13.0. The number of ether oxygens (including phenoxy) is 1. The van der Waals surface area contributed by atoms with Gasteiger partial charge in [0.05, 0.1) is 13.2 Å². The van der Waals surface area contributed by atoms with Crippen LogP contribution in [0, 0.1) is 0 Å². The minimum Gasteiger partial charge on any atom is -0.464 e. The topological polar surface area (TPSA) is 55.8 Å². The molecule has 0 aromatic rings. The van der Waals surface area contributed by atoms with Gasteiger partial charge >= 0.3 is 5.97 Å². The Morgan fingerprint density at radius 3 is 2.30 bits per heavy atom. The van der Waals surface area contributed by atoms with Gasteiger partial charge in [0.2, 0.25) is 0 Å². The van der Waals surface area contributed by atoms with Crippen molar-refractivity contribution in [3.8, 4) is 0 Å². The summed E-state index contributed by atoms with van der Waals surface area (Å²) in [6.07, 6.45) is 3.51. The highest BCUT2D eigenvalue weighted by Crippen LogP contribution is 2.43. The van der Waals surface area contributed by atoms with Crippen LogP contribution in [0.1, 0.15) is 53.4 Å². The number of esters is 1. The van der Waals surface area contributed by atoms with Crippen molar-refractivity contribution in [2.24, 2.45) is 0 Å². The van der Waals surface area contributed by atoms with Crippen LogP contribution in [0.2, 0.25) is 13.1 Å². The number of nitrogens with zero attached hydrogens (tertiary/aromatic N) is 1. The van der Waals surface area contributed by atoms with Crippen LogP contribution in [0.25, 0.3) is 0 Å². The highest BCUT2D eigenvalue weighted by Gasteiger charge is 2.62. The summed E-state index contributed by atoms with van der Waals surface area (Å²) < 4.78 is 11.1. The number of allylic oxidation sites excluding steroid dienone is 1. The number of likely N-dealkylation sites (tertiary alicyclic amines) is 1. The molecule has 2 unspecified atom stereocenters. The summed E-state index contributed by atoms with van der Waals surface area (Å²) in [4.78, 5) is 26.8. The van der Waals surface area contributed by atoms with Crippen LogP contribution in [0.3, 0.4) is 0 Å².